The minimum absolute atomic E-state index is 0.111. The number of hydrogen-bond donors (Lipinski definition) is 0. The molecule has 0 aliphatic carbocycles. The van der Waals surface area contributed by atoms with Gasteiger partial charge in [0, 0.05) is 17.9 Å². The van der Waals surface area contributed by atoms with E-state index >= 15 is 0 Å². The SMILES string of the molecule is CCCCCCCC(C(CCC)=NCCCCCC)[N+](=O)[O-]. The normalized spacial score (nSPS) is 13.3. The fourth-order valence-corrected chi connectivity index (χ4v) is 2.70. The van der Waals surface area contributed by atoms with Gasteiger partial charge in [0.05, 0.1) is 5.71 Å². The van der Waals surface area contributed by atoms with Gasteiger partial charge >= 0.3 is 0 Å². The van der Waals surface area contributed by atoms with Crippen molar-refractivity contribution in [3.63, 3.8) is 0 Å². The maximum Gasteiger partial charge on any atom is 0.250 e. The van der Waals surface area contributed by atoms with Crippen molar-refractivity contribution in [2.75, 3.05) is 6.54 Å². The van der Waals surface area contributed by atoms with E-state index in [4.69, 9.17) is 0 Å². The quantitative estimate of drug-likeness (QED) is 0.166. The Kier molecular flexibility index (Phi) is 14.4. The first kappa shape index (κ1) is 21.1. The zero-order valence-electron chi connectivity index (χ0n) is 15.0. The molecule has 130 valence electrons. The predicted octanol–water partition coefficient (Wildman–Crippen LogP) is 5.81. The van der Waals surface area contributed by atoms with Crippen molar-refractivity contribution in [2.45, 2.75) is 104 Å². The number of rotatable bonds is 15. The standard InChI is InChI=1S/C18H36N2O2/c1-4-7-9-11-12-15-18(20(21)22)17(14-6-3)19-16-13-10-8-5-2/h18H,4-16H2,1-3H3. The molecule has 0 spiro atoms. The molecule has 0 amide bonds. The lowest BCUT2D eigenvalue weighted by atomic mass is 10.00. The lowest BCUT2D eigenvalue weighted by Crippen LogP contribution is -2.30. The Balaban J connectivity index is 4.39. The van der Waals surface area contributed by atoms with Crippen LogP contribution in [0, 0.1) is 10.1 Å². The smallest absolute Gasteiger partial charge is 0.250 e. The Hall–Kier alpha value is -0.930. The van der Waals surface area contributed by atoms with Crippen LogP contribution in [0.1, 0.15) is 97.8 Å². The van der Waals surface area contributed by atoms with E-state index in [2.05, 4.69) is 25.8 Å². The van der Waals surface area contributed by atoms with Crippen LogP contribution < -0.4 is 0 Å². The second-order valence-corrected chi connectivity index (χ2v) is 6.19. The number of unbranched alkanes of at least 4 members (excludes halogenated alkanes) is 7. The number of aliphatic imine (C=N–C) groups is 1. The molecule has 0 aromatic carbocycles. The van der Waals surface area contributed by atoms with Gasteiger partial charge in [0.2, 0.25) is 6.04 Å². The van der Waals surface area contributed by atoms with Crippen molar-refractivity contribution in [1.82, 2.24) is 0 Å². The van der Waals surface area contributed by atoms with E-state index in [0.717, 1.165) is 44.4 Å². The van der Waals surface area contributed by atoms with Crippen LogP contribution in [0.4, 0.5) is 0 Å². The fourth-order valence-electron chi connectivity index (χ4n) is 2.70. The maximum atomic E-state index is 11.4. The van der Waals surface area contributed by atoms with Crippen molar-refractivity contribution in [3.05, 3.63) is 10.1 Å². The van der Waals surface area contributed by atoms with Crippen LogP contribution >= 0.6 is 0 Å². The topological polar surface area (TPSA) is 55.5 Å². The van der Waals surface area contributed by atoms with Gasteiger partial charge in [-0.25, -0.2) is 0 Å². The van der Waals surface area contributed by atoms with E-state index in [-0.39, 0.29) is 4.92 Å². The summed E-state index contributed by atoms with van der Waals surface area (Å²) in [4.78, 5) is 15.9. The molecule has 0 saturated carbocycles. The third-order valence-corrected chi connectivity index (χ3v) is 4.05. The number of nitrogens with zero attached hydrogens (tertiary/aromatic N) is 2. The minimum atomic E-state index is -0.548. The summed E-state index contributed by atoms with van der Waals surface area (Å²) in [6.45, 7) is 7.21. The molecule has 0 fully saturated rings. The largest absolute Gasteiger partial charge is 0.287 e. The van der Waals surface area contributed by atoms with Gasteiger partial charge in [-0.15, -0.1) is 0 Å². The molecule has 0 saturated heterocycles. The van der Waals surface area contributed by atoms with Gasteiger partial charge in [-0.3, -0.25) is 15.1 Å². The van der Waals surface area contributed by atoms with Crippen molar-refractivity contribution in [3.8, 4) is 0 Å². The molecule has 0 rings (SSSR count). The summed E-state index contributed by atoms with van der Waals surface area (Å²) in [5.41, 5.74) is 0.833. The molecule has 0 N–H and O–H groups in total. The third-order valence-electron chi connectivity index (χ3n) is 4.05. The molecule has 1 atom stereocenters. The molecule has 0 radical (unpaired) electrons. The maximum absolute atomic E-state index is 11.4. The van der Waals surface area contributed by atoms with Gasteiger partial charge in [0.25, 0.3) is 0 Å². The van der Waals surface area contributed by atoms with Crippen LogP contribution in [0.2, 0.25) is 0 Å². The molecule has 0 aromatic heterocycles. The number of nitro groups is 1. The monoisotopic (exact) mass is 312 g/mol. The minimum Gasteiger partial charge on any atom is -0.287 e. The molecule has 0 aliphatic rings. The van der Waals surface area contributed by atoms with Crippen LogP contribution in [-0.4, -0.2) is 23.2 Å². The summed E-state index contributed by atoms with van der Waals surface area (Å²) in [7, 11) is 0. The second kappa shape index (κ2) is 15.0. The van der Waals surface area contributed by atoms with Gasteiger partial charge in [-0.2, -0.15) is 0 Å². The van der Waals surface area contributed by atoms with E-state index in [9.17, 15) is 10.1 Å². The fraction of sp³-hybridized carbons (Fsp3) is 0.944. The van der Waals surface area contributed by atoms with Crippen LogP contribution in [0.3, 0.4) is 0 Å². The Bertz CT molecular complexity index is 303. The first-order chi connectivity index (χ1) is 10.7. The summed E-state index contributed by atoms with van der Waals surface area (Å²) < 4.78 is 0. The van der Waals surface area contributed by atoms with E-state index < -0.39 is 6.04 Å². The highest BCUT2D eigenvalue weighted by Gasteiger charge is 2.25. The van der Waals surface area contributed by atoms with Gasteiger partial charge in [0.1, 0.15) is 0 Å². The molecule has 4 nitrogen and oxygen atoms in total. The number of hydrogen-bond acceptors (Lipinski definition) is 3. The summed E-state index contributed by atoms with van der Waals surface area (Å²) in [6.07, 6.45) is 12.7. The lowest BCUT2D eigenvalue weighted by molar-refractivity contribution is -0.504. The van der Waals surface area contributed by atoms with E-state index in [0.29, 0.717) is 6.42 Å². The molecule has 0 aliphatic heterocycles. The predicted molar refractivity (Wildman–Crippen MR) is 95.5 cm³/mol. The molecule has 4 heteroatoms. The highest BCUT2D eigenvalue weighted by molar-refractivity contribution is 5.88. The first-order valence-electron chi connectivity index (χ1n) is 9.33. The lowest BCUT2D eigenvalue weighted by Gasteiger charge is -2.12. The van der Waals surface area contributed by atoms with Gasteiger partial charge in [-0.05, 0) is 19.3 Å². The van der Waals surface area contributed by atoms with E-state index in [1.807, 2.05) is 0 Å². The molecule has 22 heavy (non-hydrogen) atoms. The Morgan fingerprint density at radius 3 is 2.05 bits per heavy atom. The van der Waals surface area contributed by atoms with Gasteiger partial charge in [-0.1, -0.05) is 72.1 Å². The Morgan fingerprint density at radius 2 is 1.50 bits per heavy atom. The van der Waals surface area contributed by atoms with Crippen molar-refractivity contribution >= 4 is 5.71 Å². The highest BCUT2D eigenvalue weighted by Crippen LogP contribution is 2.13. The van der Waals surface area contributed by atoms with Crippen LogP contribution in [0.25, 0.3) is 0 Å². The molecule has 0 heterocycles. The Labute approximate surface area is 136 Å². The highest BCUT2D eigenvalue weighted by atomic mass is 16.6. The summed E-state index contributed by atoms with van der Waals surface area (Å²) in [6, 6.07) is -0.548. The summed E-state index contributed by atoms with van der Waals surface area (Å²) in [5, 5.41) is 11.4. The van der Waals surface area contributed by atoms with Crippen LogP contribution in [-0.2, 0) is 0 Å². The molecule has 0 bridgehead atoms. The van der Waals surface area contributed by atoms with Crippen LogP contribution in [0.15, 0.2) is 4.99 Å². The summed E-state index contributed by atoms with van der Waals surface area (Å²) in [5.74, 6) is 0. The van der Waals surface area contributed by atoms with Crippen molar-refractivity contribution in [1.29, 1.82) is 0 Å². The van der Waals surface area contributed by atoms with Crippen LogP contribution in [0.5, 0.6) is 0 Å². The zero-order chi connectivity index (χ0) is 16.6. The van der Waals surface area contributed by atoms with Crippen molar-refractivity contribution < 1.29 is 4.92 Å². The third kappa shape index (κ3) is 10.7. The Morgan fingerprint density at radius 1 is 0.909 bits per heavy atom. The molecular weight excluding hydrogens is 276 g/mol. The average Bonchev–Trinajstić information content (AvgIpc) is 2.49. The average molecular weight is 312 g/mol. The zero-order valence-corrected chi connectivity index (χ0v) is 15.0. The summed E-state index contributed by atoms with van der Waals surface area (Å²) >= 11 is 0. The second-order valence-electron chi connectivity index (χ2n) is 6.19. The van der Waals surface area contributed by atoms with Gasteiger partial charge < -0.3 is 0 Å². The van der Waals surface area contributed by atoms with E-state index in [1.54, 1.807) is 0 Å². The molecule has 1 unspecified atom stereocenters. The molecular formula is C18H36N2O2. The van der Waals surface area contributed by atoms with Crippen molar-refractivity contribution in [2.24, 2.45) is 4.99 Å². The van der Waals surface area contributed by atoms with Gasteiger partial charge in [0.15, 0.2) is 0 Å². The first-order valence-corrected chi connectivity index (χ1v) is 9.33. The van der Waals surface area contributed by atoms with E-state index in [1.165, 1.54) is 38.5 Å². The molecule has 0 aromatic rings.